The average molecular weight is 264 g/mol. The van der Waals surface area contributed by atoms with Crippen LogP contribution in [0.25, 0.3) is 0 Å². The summed E-state index contributed by atoms with van der Waals surface area (Å²) in [6.07, 6.45) is 4.87. The van der Waals surface area contributed by atoms with Gasteiger partial charge in [-0.1, -0.05) is 6.07 Å². The van der Waals surface area contributed by atoms with Crippen molar-refractivity contribution in [1.82, 2.24) is 0 Å². The maximum Gasteiger partial charge on any atom is 0.160 e. The van der Waals surface area contributed by atoms with Crippen LogP contribution in [0.1, 0.15) is 31.2 Å². The van der Waals surface area contributed by atoms with Gasteiger partial charge in [-0.3, -0.25) is 0 Å². The Hall–Kier alpha value is -1.26. The molecule has 1 aliphatic carbocycles. The summed E-state index contributed by atoms with van der Waals surface area (Å²) in [5, 5.41) is 0. The number of rotatable bonds is 4. The van der Waals surface area contributed by atoms with Gasteiger partial charge in [0.25, 0.3) is 0 Å². The van der Waals surface area contributed by atoms with Crippen molar-refractivity contribution in [3.63, 3.8) is 0 Å². The Morgan fingerprint density at radius 1 is 1.16 bits per heavy atom. The molecule has 0 aliphatic heterocycles. The van der Waals surface area contributed by atoms with Crippen LogP contribution in [0.2, 0.25) is 0 Å². The van der Waals surface area contributed by atoms with Gasteiger partial charge in [0.1, 0.15) is 0 Å². The van der Waals surface area contributed by atoms with Gasteiger partial charge in [0.15, 0.2) is 11.5 Å². The molecule has 1 aromatic rings. The van der Waals surface area contributed by atoms with Crippen LogP contribution in [0.4, 0.5) is 0 Å². The van der Waals surface area contributed by atoms with Crippen molar-refractivity contribution < 1.29 is 9.47 Å². The first kappa shape index (κ1) is 14.2. The third-order valence-electron chi connectivity index (χ3n) is 4.03. The molecule has 0 spiro atoms. The molecule has 0 saturated heterocycles. The second-order valence-electron chi connectivity index (χ2n) is 5.57. The van der Waals surface area contributed by atoms with Crippen molar-refractivity contribution in [2.75, 3.05) is 14.2 Å². The summed E-state index contributed by atoms with van der Waals surface area (Å²) in [5.74, 6) is 1.51. The van der Waals surface area contributed by atoms with Crippen molar-refractivity contribution >= 4 is 0 Å². The molecule has 4 nitrogen and oxygen atoms in total. The van der Waals surface area contributed by atoms with Crippen LogP contribution in [0.3, 0.4) is 0 Å². The van der Waals surface area contributed by atoms with Crippen LogP contribution in [-0.2, 0) is 6.42 Å². The van der Waals surface area contributed by atoms with Crippen LogP contribution >= 0.6 is 0 Å². The van der Waals surface area contributed by atoms with E-state index in [0.717, 1.165) is 43.6 Å². The van der Waals surface area contributed by atoms with Gasteiger partial charge in [-0.25, -0.2) is 0 Å². The first-order valence-electron chi connectivity index (χ1n) is 6.82. The fraction of sp³-hybridized carbons (Fsp3) is 0.600. The van der Waals surface area contributed by atoms with Crippen LogP contribution < -0.4 is 20.9 Å². The van der Waals surface area contributed by atoms with E-state index in [-0.39, 0.29) is 5.54 Å². The van der Waals surface area contributed by atoms with E-state index in [1.807, 2.05) is 12.1 Å². The standard InChI is InChI=1S/C15H24N2O2/c1-18-13-4-3-11(9-14(13)19-2)10-15(17)7-5-12(16)6-8-15/h3-4,9,12H,5-8,10,16-17H2,1-2H3. The summed E-state index contributed by atoms with van der Waals surface area (Å²) in [4.78, 5) is 0. The molecule has 1 aromatic carbocycles. The van der Waals surface area contributed by atoms with Crippen molar-refractivity contribution in [3.8, 4) is 11.5 Å². The third kappa shape index (κ3) is 3.39. The number of methoxy groups -OCH3 is 2. The van der Waals surface area contributed by atoms with Gasteiger partial charge in [0.05, 0.1) is 14.2 Å². The molecule has 0 bridgehead atoms. The number of hydrogen-bond donors (Lipinski definition) is 2. The third-order valence-corrected chi connectivity index (χ3v) is 4.03. The van der Waals surface area contributed by atoms with Crippen molar-refractivity contribution in [1.29, 1.82) is 0 Å². The fourth-order valence-corrected chi connectivity index (χ4v) is 2.79. The summed E-state index contributed by atoms with van der Waals surface area (Å²) < 4.78 is 10.6. The lowest BCUT2D eigenvalue weighted by Crippen LogP contribution is -2.47. The Bertz CT molecular complexity index is 426. The number of benzene rings is 1. The predicted octanol–water partition coefficient (Wildman–Crippen LogP) is 1.85. The van der Waals surface area contributed by atoms with Gasteiger partial charge < -0.3 is 20.9 Å². The van der Waals surface area contributed by atoms with E-state index in [1.165, 1.54) is 5.56 Å². The van der Waals surface area contributed by atoms with Gasteiger partial charge >= 0.3 is 0 Å². The van der Waals surface area contributed by atoms with Crippen LogP contribution in [0.15, 0.2) is 18.2 Å². The minimum atomic E-state index is -0.129. The molecule has 1 fully saturated rings. The zero-order valence-corrected chi connectivity index (χ0v) is 11.8. The Kier molecular flexibility index (Phi) is 4.32. The summed E-state index contributed by atoms with van der Waals surface area (Å²) in [6, 6.07) is 6.33. The zero-order valence-electron chi connectivity index (χ0n) is 11.8. The lowest BCUT2D eigenvalue weighted by Gasteiger charge is -2.36. The number of hydrogen-bond acceptors (Lipinski definition) is 4. The molecule has 1 saturated carbocycles. The quantitative estimate of drug-likeness (QED) is 0.870. The lowest BCUT2D eigenvalue weighted by atomic mass is 9.77. The van der Waals surface area contributed by atoms with Gasteiger partial charge in [-0.15, -0.1) is 0 Å². The van der Waals surface area contributed by atoms with Crippen molar-refractivity contribution in [2.24, 2.45) is 11.5 Å². The van der Waals surface area contributed by atoms with E-state index in [1.54, 1.807) is 14.2 Å². The molecule has 0 unspecified atom stereocenters. The number of nitrogens with two attached hydrogens (primary N) is 2. The van der Waals surface area contributed by atoms with Crippen molar-refractivity contribution in [2.45, 2.75) is 43.7 Å². The summed E-state index contributed by atoms with van der Waals surface area (Å²) in [5.41, 5.74) is 13.5. The Morgan fingerprint density at radius 3 is 2.37 bits per heavy atom. The van der Waals surface area contributed by atoms with E-state index in [9.17, 15) is 0 Å². The predicted molar refractivity (Wildman–Crippen MR) is 76.6 cm³/mol. The second kappa shape index (κ2) is 5.80. The highest BCUT2D eigenvalue weighted by molar-refractivity contribution is 5.43. The first-order chi connectivity index (χ1) is 9.06. The molecule has 0 radical (unpaired) electrons. The smallest absolute Gasteiger partial charge is 0.160 e. The SMILES string of the molecule is COc1ccc(CC2(N)CCC(N)CC2)cc1OC. The fourth-order valence-electron chi connectivity index (χ4n) is 2.79. The van der Waals surface area contributed by atoms with Gasteiger partial charge in [-0.05, 0) is 49.8 Å². The molecule has 0 amide bonds. The van der Waals surface area contributed by atoms with E-state index < -0.39 is 0 Å². The molecule has 2 rings (SSSR count). The monoisotopic (exact) mass is 264 g/mol. The maximum atomic E-state index is 6.49. The summed E-state index contributed by atoms with van der Waals surface area (Å²) in [6.45, 7) is 0. The molecule has 0 heterocycles. The first-order valence-corrected chi connectivity index (χ1v) is 6.82. The highest BCUT2D eigenvalue weighted by Gasteiger charge is 2.30. The molecule has 1 aliphatic rings. The summed E-state index contributed by atoms with van der Waals surface area (Å²) in [7, 11) is 3.30. The molecular weight excluding hydrogens is 240 g/mol. The van der Waals surface area contributed by atoms with E-state index in [0.29, 0.717) is 6.04 Å². The Balaban J connectivity index is 2.10. The molecule has 0 aromatic heterocycles. The van der Waals surface area contributed by atoms with E-state index >= 15 is 0 Å². The molecule has 19 heavy (non-hydrogen) atoms. The highest BCUT2D eigenvalue weighted by Crippen LogP contribution is 2.32. The van der Waals surface area contributed by atoms with Crippen LogP contribution in [0, 0.1) is 0 Å². The largest absolute Gasteiger partial charge is 0.493 e. The molecule has 106 valence electrons. The van der Waals surface area contributed by atoms with Gasteiger partial charge in [0, 0.05) is 11.6 Å². The van der Waals surface area contributed by atoms with Gasteiger partial charge in [-0.2, -0.15) is 0 Å². The summed E-state index contributed by atoms with van der Waals surface area (Å²) >= 11 is 0. The highest BCUT2D eigenvalue weighted by atomic mass is 16.5. The Labute approximate surface area is 115 Å². The van der Waals surface area contributed by atoms with Gasteiger partial charge in [0.2, 0.25) is 0 Å². The zero-order chi connectivity index (χ0) is 13.9. The topological polar surface area (TPSA) is 70.5 Å². The van der Waals surface area contributed by atoms with Crippen molar-refractivity contribution in [3.05, 3.63) is 23.8 Å². The second-order valence-corrected chi connectivity index (χ2v) is 5.57. The minimum Gasteiger partial charge on any atom is -0.493 e. The van der Waals surface area contributed by atoms with E-state index in [4.69, 9.17) is 20.9 Å². The molecule has 0 atom stereocenters. The number of ether oxygens (including phenoxy) is 2. The molecular formula is C15H24N2O2. The normalized spacial score (nSPS) is 27.1. The average Bonchev–Trinajstić information content (AvgIpc) is 2.42. The minimum absolute atomic E-state index is 0.129. The molecule has 4 heteroatoms. The van der Waals surface area contributed by atoms with Crippen LogP contribution in [0.5, 0.6) is 11.5 Å². The van der Waals surface area contributed by atoms with Crippen LogP contribution in [-0.4, -0.2) is 25.8 Å². The van der Waals surface area contributed by atoms with E-state index in [2.05, 4.69) is 6.07 Å². The lowest BCUT2D eigenvalue weighted by molar-refractivity contribution is 0.271. The Morgan fingerprint density at radius 2 is 1.79 bits per heavy atom. The molecule has 4 N–H and O–H groups in total. The maximum absolute atomic E-state index is 6.49.